The van der Waals surface area contributed by atoms with E-state index in [1.165, 1.54) is 0 Å². The van der Waals surface area contributed by atoms with Crippen LogP contribution >= 0.6 is 15.9 Å². The Kier molecular flexibility index (Phi) is 2.14. The van der Waals surface area contributed by atoms with Crippen LogP contribution in [-0.2, 0) is 0 Å². The summed E-state index contributed by atoms with van der Waals surface area (Å²) in [5.41, 5.74) is 0. The minimum atomic E-state index is 0.483. The van der Waals surface area contributed by atoms with Gasteiger partial charge in [-0.05, 0) is 36.7 Å². The molecule has 0 radical (unpaired) electrons. The summed E-state index contributed by atoms with van der Waals surface area (Å²) in [6, 6.07) is 0.483. The molecule has 0 spiro atoms. The molecule has 0 saturated heterocycles. The van der Waals surface area contributed by atoms with Gasteiger partial charge in [-0.15, -0.1) is 0 Å². The number of aryl methyl sites for hydroxylation is 1. The second-order valence-electron chi connectivity index (χ2n) is 2.59. The monoisotopic (exact) mass is 202 g/mol. The molecule has 1 aromatic rings. The number of hydrogen-bond acceptors (Lipinski definition) is 1. The van der Waals surface area contributed by atoms with Crippen molar-refractivity contribution in [2.24, 2.45) is 0 Å². The average molecular weight is 203 g/mol. The maximum absolute atomic E-state index is 4.15. The molecule has 0 aliphatic heterocycles. The molecule has 3 heteroatoms. The molecule has 56 valence electrons. The molecule has 0 fully saturated rings. The molecule has 2 nitrogen and oxygen atoms in total. The predicted octanol–water partition coefficient (Wildman–Crippen LogP) is 2.53. The van der Waals surface area contributed by atoms with E-state index in [1.54, 1.807) is 0 Å². The largest absolute Gasteiger partial charge is 0.320 e. The van der Waals surface area contributed by atoms with Gasteiger partial charge in [-0.3, -0.25) is 0 Å². The highest BCUT2D eigenvalue weighted by Gasteiger charge is 2.05. The summed E-state index contributed by atoms with van der Waals surface area (Å²) in [7, 11) is 0. The first kappa shape index (κ1) is 7.79. The zero-order valence-electron chi connectivity index (χ0n) is 6.43. The van der Waals surface area contributed by atoms with Crippen LogP contribution in [-0.4, -0.2) is 9.55 Å². The minimum Gasteiger partial charge on any atom is -0.320 e. The molecule has 1 rings (SSSR count). The minimum absolute atomic E-state index is 0.483. The van der Waals surface area contributed by atoms with Crippen molar-refractivity contribution in [3.05, 3.63) is 16.6 Å². The number of halogens is 1. The number of aromatic nitrogens is 2. The zero-order valence-corrected chi connectivity index (χ0v) is 8.01. The Morgan fingerprint density at radius 2 is 2.20 bits per heavy atom. The van der Waals surface area contributed by atoms with Crippen LogP contribution in [0.1, 0.15) is 25.7 Å². The summed E-state index contributed by atoms with van der Waals surface area (Å²) < 4.78 is 3.19. The lowest BCUT2D eigenvalue weighted by Gasteiger charge is -2.09. The van der Waals surface area contributed by atoms with Crippen LogP contribution in [0.5, 0.6) is 0 Å². The van der Waals surface area contributed by atoms with E-state index in [9.17, 15) is 0 Å². The Balaban J connectivity index is 3.10. The van der Waals surface area contributed by atoms with E-state index in [4.69, 9.17) is 0 Å². The van der Waals surface area contributed by atoms with E-state index in [0.29, 0.717) is 6.04 Å². The van der Waals surface area contributed by atoms with Gasteiger partial charge >= 0.3 is 0 Å². The van der Waals surface area contributed by atoms with Crippen molar-refractivity contribution in [2.75, 3.05) is 0 Å². The van der Waals surface area contributed by atoms with Crippen LogP contribution < -0.4 is 0 Å². The number of imidazole rings is 1. The van der Waals surface area contributed by atoms with Gasteiger partial charge in [0.15, 0.2) is 0 Å². The van der Waals surface area contributed by atoms with Crippen molar-refractivity contribution in [3.8, 4) is 0 Å². The number of rotatable bonds is 1. The Morgan fingerprint density at radius 3 is 2.40 bits per heavy atom. The van der Waals surface area contributed by atoms with Crippen molar-refractivity contribution in [3.63, 3.8) is 0 Å². The summed E-state index contributed by atoms with van der Waals surface area (Å²) >= 11 is 3.42. The third kappa shape index (κ3) is 1.24. The molecule has 0 atom stereocenters. The molecular formula is C7H11BrN2. The second-order valence-corrected chi connectivity index (χ2v) is 3.40. The first-order chi connectivity index (χ1) is 4.63. The molecule has 0 bridgehead atoms. The van der Waals surface area contributed by atoms with Crippen molar-refractivity contribution < 1.29 is 0 Å². The van der Waals surface area contributed by atoms with Gasteiger partial charge in [-0.2, -0.15) is 0 Å². The highest BCUT2D eigenvalue weighted by Crippen LogP contribution is 2.17. The number of nitrogens with zero attached hydrogens (tertiary/aromatic N) is 2. The summed E-state index contributed by atoms with van der Waals surface area (Å²) in [6.07, 6.45) is 1.83. The third-order valence-corrected chi connectivity index (χ3v) is 2.04. The van der Waals surface area contributed by atoms with Gasteiger partial charge in [0.25, 0.3) is 0 Å². The second kappa shape index (κ2) is 2.74. The highest BCUT2D eigenvalue weighted by molar-refractivity contribution is 9.10. The van der Waals surface area contributed by atoms with Crippen molar-refractivity contribution in [1.82, 2.24) is 9.55 Å². The summed E-state index contributed by atoms with van der Waals surface area (Å²) in [4.78, 5) is 4.15. The van der Waals surface area contributed by atoms with E-state index < -0.39 is 0 Å². The Bertz CT molecular complexity index is 208. The van der Waals surface area contributed by atoms with Gasteiger partial charge in [0.1, 0.15) is 10.4 Å². The van der Waals surface area contributed by atoms with E-state index in [-0.39, 0.29) is 0 Å². The fourth-order valence-corrected chi connectivity index (χ4v) is 1.81. The quantitative estimate of drug-likeness (QED) is 0.685. The van der Waals surface area contributed by atoms with Gasteiger partial charge in [0.05, 0.1) is 6.20 Å². The summed E-state index contributed by atoms with van der Waals surface area (Å²) in [5.74, 6) is 1.06. The van der Waals surface area contributed by atoms with Crippen LogP contribution in [0.15, 0.2) is 10.8 Å². The molecule has 0 aromatic carbocycles. The van der Waals surface area contributed by atoms with E-state index >= 15 is 0 Å². The first-order valence-corrected chi connectivity index (χ1v) is 4.11. The van der Waals surface area contributed by atoms with Crippen molar-refractivity contribution in [1.29, 1.82) is 0 Å². The maximum atomic E-state index is 4.15. The number of hydrogen-bond donors (Lipinski definition) is 0. The lowest BCUT2D eigenvalue weighted by atomic mass is 10.4. The van der Waals surface area contributed by atoms with Crippen LogP contribution in [0.3, 0.4) is 0 Å². The molecule has 0 amide bonds. The van der Waals surface area contributed by atoms with Crippen LogP contribution in [0.2, 0.25) is 0 Å². The molecule has 1 heterocycles. The lowest BCUT2D eigenvalue weighted by molar-refractivity contribution is 0.572. The summed E-state index contributed by atoms with van der Waals surface area (Å²) in [6.45, 7) is 6.28. The Morgan fingerprint density at radius 1 is 1.60 bits per heavy atom. The third-order valence-electron chi connectivity index (χ3n) is 1.45. The smallest absolute Gasteiger partial charge is 0.106 e. The molecule has 0 unspecified atom stereocenters. The molecule has 0 N–H and O–H groups in total. The van der Waals surface area contributed by atoms with Gasteiger partial charge in [-0.1, -0.05) is 0 Å². The Hall–Kier alpha value is -0.310. The van der Waals surface area contributed by atoms with E-state index in [2.05, 4.69) is 39.3 Å². The standard InChI is InChI=1S/C7H11BrN2/c1-5(2)10-6(3)9-4-7(10)8/h4-5H,1-3H3. The lowest BCUT2D eigenvalue weighted by Crippen LogP contribution is -2.02. The molecular weight excluding hydrogens is 192 g/mol. The zero-order chi connectivity index (χ0) is 7.72. The Labute approximate surface area is 69.4 Å². The first-order valence-electron chi connectivity index (χ1n) is 3.32. The fraction of sp³-hybridized carbons (Fsp3) is 0.571. The molecule has 0 saturated carbocycles. The highest BCUT2D eigenvalue weighted by atomic mass is 79.9. The fourth-order valence-electron chi connectivity index (χ4n) is 1.05. The van der Waals surface area contributed by atoms with Crippen molar-refractivity contribution in [2.45, 2.75) is 26.8 Å². The molecule has 10 heavy (non-hydrogen) atoms. The van der Waals surface area contributed by atoms with Crippen LogP contribution in [0.25, 0.3) is 0 Å². The summed E-state index contributed by atoms with van der Waals surface area (Å²) in [5, 5.41) is 0. The predicted molar refractivity (Wildman–Crippen MR) is 45.0 cm³/mol. The molecule has 0 aliphatic rings. The van der Waals surface area contributed by atoms with Gasteiger partial charge in [0.2, 0.25) is 0 Å². The van der Waals surface area contributed by atoms with Crippen molar-refractivity contribution >= 4 is 15.9 Å². The normalized spacial score (nSPS) is 10.9. The molecule has 1 aromatic heterocycles. The van der Waals surface area contributed by atoms with E-state index in [1.807, 2.05) is 13.1 Å². The maximum Gasteiger partial charge on any atom is 0.106 e. The van der Waals surface area contributed by atoms with Gasteiger partial charge in [-0.25, -0.2) is 4.98 Å². The van der Waals surface area contributed by atoms with E-state index in [0.717, 1.165) is 10.4 Å². The topological polar surface area (TPSA) is 17.8 Å². The van der Waals surface area contributed by atoms with Crippen LogP contribution in [0.4, 0.5) is 0 Å². The van der Waals surface area contributed by atoms with Gasteiger partial charge in [0, 0.05) is 6.04 Å². The molecule has 0 aliphatic carbocycles. The SMILES string of the molecule is Cc1ncc(Br)n1C(C)C. The average Bonchev–Trinajstić information content (AvgIpc) is 2.11. The van der Waals surface area contributed by atoms with Crippen LogP contribution in [0, 0.1) is 6.92 Å². The van der Waals surface area contributed by atoms with Gasteiger partial charge < -0.3 is 4.57 Å².